The van der Waals surface area contributed by atoms with Crippen LogP contribution in [0.4, 0.5) is 0 Å². The molecular weight excluding hydrogens is 414 g/mol. The van der Waals surface area contributed by atoms with Crippen LogP contribution in [0, 0.1) is 5.41 Å². The SMILES string of the molecule is C=N/C(=C\C(=N)c1cccc(-c2ccc3ccccc3c2)c1)c1cccc(-c2cccnc2)c1. The lowest BCUT2D eigenvalue weighted by Crippen LogP contribution is -1.97. The van der Waals surface area contributed by atoms with Crippen LogP contribution in [0.15, 0.2) is 127 Å². The number of aromatic nitrogens is 1. The van der Waals surface area contributed by atoms with Crippen molar-refractivity contribution in [2.75, 3.05) is 0 Å². The van der Waals surface area contributed by atoms with Crippen molar-refractivity contribution >= 4 is 28.9 Å². The molecule has 0 aliphatic rings. The molecule has 0 aliphatic heterocycles. The summed E-state index contributed by atoms with van der Waals surface area (Å²) in [6, 6.07) is 34.9. The standard InChI is InChI=1S/C31H23N3/c1-33-31(28-12-5-10-25(19-28)29-13-6-16-34-21-29)20-30(32)27-11-4-9-24(18-27)26-15-14-22-7-2-3-8-23(22)17-26/h2-21,32H,1H2/b31-20-,32-30?. The van der Waals surface area contributed by atoms with E-state index < -0.39 is 0 Å². The highest BCUT2D eigenvalue weighted by atomic mass is 14.7. The Bertz CT molecular complexity index is 1530. The van der Waals surface area contributed by atoms with Crippen LogP contribution in [0.25, 0.3) is 38.7 Å². The predicted octanol–water partition coefficient (Wildman–Crippen LogP) is 7.68. The zero-order valence-corrected chi connectivity index (χ0v) is 18.6. The Morgan fingerprint density at radius 2 is 1.35 bits per heavy atom. The molecule has 0 aliphatic carbocycles. The van der Waals surface area contributed by atoms with Crippen molar-refractivity contribution in [2.45, 2.75) is 0 Å². The van der Waals surface area contributed by atoms with E-state index in [1.165, 1.54) is 10.8 Å². The van der Waals surface area contributed by atoms with E-state index in [1.807, 2.05) is 54.7 Å². The van der Waals surface area contributed by atoms with Crippen molar-refractivity contribution in [3.05, 3.63) is 133 Å². The molecule has 1 N–H and O–H groups in total. The minimum atomic E-state index is 0.386. The van der Waals surface area contributed by atoms with E-state index in [0.29, 0.717) is 11.4 Å². The van der Waals surface area contributed by atoms with E-state index in [-0.39, 0.29) is 0 Å². The minimum Gasteiger partial charge on any atom is -0.300 e. The second-order valence-corrected chi connectivity index (χ2v) is 8.07. The number of pyridine rings is 1. The van der Waals surface area contributed by atoms with Crippen molar-refractivity contribution in [3.8, 4) is 22.3 Å². The largest absolute Gasteiger partial charge is 0.300 e. The van der Waals surface area contributed by atoms with Gasteiger partial charge in [-0.15, -0.1) is 0 Å². The van der Waals surface area contributed by atoms with Gasteiger partial charge in [0.05, 0.1) is 11.4 Å². The first kappa shape index (κ1) is 21.2. The molecule has 0 fully saturated rings. The second kappa shape index (κ2) is 9.47. The van der Waals surface area contributed by atoms with Crippen LogP contribution < -0.4 is 0 Å². The fraction of sp³-hybridized carbons (Fsp3) is 0. The topological polar surface area (TPSA) is 49.1 Å². The molecule has 0 unspecified atom stereocenters. The zero-order valence-electron chi connectivity index (χ0n) is 18.6. The van der Waals surface area contributed by atoms with Gasteiger partial charge in [0.2, 0.25) is 0 Å². The fourth-order valence-corrected chi connectivity index (χ4v) is 4.07. The first-order valence-electron chi connectivity index (χ1n) is 11.1. The monoisotopic (exact) mass is 437 g/mol. The van der Waals surface area contributed by atoms with E-state index in [1.54, 1.807) is 12.3 Å². The van der Waals surface area contributed by atoms with Gasteiger partial charge in [0, 0.05) is 29.1 Å². The molecule has 5 rings (SSSR count). The fourth-order valence-electron chi connectivity index (χ4n) is 4.07. The molecular formula is C31H23N3. The summed E-state index contributed by atoms with van der Waals surface area (Å²) in [5.74, 6) is 0. The van der Waals surface area contributed by atoms with Crippen molar-refractivity contribution in [2.24, 2.45) is 4.99 Å². The van der Waals surface area contributed by atoms with Gasteiger partial charge in [0.1, 0.15) is 0 Å². The highest BCUT2D eigenvalue weighted by Crippen LogP contribution is 2.27. The van der Waals surface area contributed by atoms with Crippen LogP contribution in [-0.4, -0.2) is 17.4 Å². The predicted molar refractivity (Wildman–Crippen MR) is 143 cm³/mol. The van der Waals surface area contributed by atoms with Gasteiger partial charge < -0.3 is 5.41 Å². The molecule has 0 saturated heterocycles. The van der Waals surface area contributed by atoms with Crippen LogP contribution >= 0.6 is 0 Å². The summed E-state index contributed by atoms with van der Waals surface area (Å²) in [5, 5.41) is 11.2. The Labute approximate surface area is 199 Å². The van der Waals surface area contributed by atoms with E-state index in [9.17, 15) is 0 Å². The van der Waals surface area contributed by atoms with Gasteiger partial charge in [-0.1, -0.05) is 78.9 Å². The molecule has 0 spiro atoms. The molecule has 34 heavy (non-hydrogen) atoms. The summed E-state index contributed by atoms with van der Waals surface area (Å²) in [6.07, 6.45) is 5.37. The second-order valence-electron chi connectivity index (χ2n) is 8.07. The van der Waals surface area contributed by atoms with Crippen molar-refractivity contribution in [1.29, 1.82) is 5.41 Å². The zero-order chi connectivity index (χ0) is 23.3. The van der Waals surface area contributed by atoms with Crippen molar-refractivity contribution < 1.29 is 0 Å². The van der Waals surface area contributed by atoms with Gasteiger partial charge >= 0.3 is 0 Å². The third kappa shape index (κ3) is 4.45. The first-order valence-corrected chi connectivity index (χ1v) is 11.1. The number of allylic oxidation sites excluding steroid dienone is 1. The Balaban J connectivity index is 1.46. The number of aliphatic imine (C=N–C) groups is 1. The maximum Gasteiger partial charge on any atom is 0.0716 e. The number of nitrogens with one attached hydrogen (secondary N) is 1. The summed E-state index contributed by atoms with van der Waals surface area (Å²) < 4.78 is 0. The van der Waals surface area contributed by atoms with Gasteiger partial charge in [0.15, 0.2) is 0 Å². The average molecular weight is 438 g/mol. The molecule has 162 valence electrons. The van der Waals surface area contributed by atoms with Gasteiger partial charge in [-0.3, -0.25) is 9.98 Å². The number of nitrogens with zero attached hydrogens (tertiary/aromatic N) is 2. The van der Waals surface area contributed by atoms with Crippen LogP contribution in [0.1, 0.15) is 11.1 Å². The molecule has 1 aromatic heterocycles. The van der Waals surface area contributed by atoms with E-state index in [4.69, 9.17) is 5.41 Å². The average Bonchev–Trinajstić information content (AvgIpc) is 2.92. The van der Waals surface area contributed by atoms with Gasteiger partial charge in [-0.2, -0.15) is 0 Å². The van der Waals surface area contributed by atoms with E-state index in [0.717, 1.165) is 33.4 Å². The number of fused-ring (bicyclic) bond motifs is 1. The minimum absolute atomic E-state index is 0.386. The molecule has 5 aromatic rings. The molecule has 0 radical (unpaired) electrons. The maximum absolute atomic E-state index is 8.75. The lowest BCUT2D eigenvalue weighted by Gasteiger charge is -2.09. The van der Waals surface area contributed by atoms with Crippen LogP contribution in [0.3, 0.4) is 0 Å². The van der Waals surface area contributed by atoms with Gasteiger partial charge in [-0.05, 0) is 64.5 Å². The third-order valence-electron chi connectivity index (χ3n) is 5.86. The Morgan fingerprint density at radius 3 is 2.12 bits per heavy atom. The van der Waals surface area contributed by atoms with E-state index in [2.05, 4.69) is 71.3 Å². The summed E-state index contributed by atoms with van der Waals surface area (Å²) in [6.45, 7) is 3.75. The summed E-state index contributed by atoms with van der Waals surface area (Å²) >= 11 is 0. The molecule has 4 aromatic carbocycles. The normalized spacial score (nSPS) is 11.4. The number of hydrogen-bond donors (Lipinski definition) is 1. The molecule has 0 bridgehead atoms. The molecule has 3 nitrogen and oxygen atoms in total. The smallest absolute Gasteiger partial charge is 0.0716 e. The maximum atomic E-state index is 8.75. The summed E-state index contributed by atoms with van der Waals surface area (Å²) in [5.41, 5.74) is 7.07. The molecule has 1 heterocycles. The number of rotatable bonds is 6. The molecule has 3 heteroatoms. The molecule has 0 amide bonds. The van der Waals surface area contributed by atoms with Crippen molar-refractivity contribution in [1.82, 2.24) is 4.98 Å². The van der Waals surface area contributed by atoms with Crippen molar-refractivity contribution in [3.63, 3.8) is 0 Å². The molecule has 0 atom stereocenters. The number of hydrogen-bond acceptors (Lipinski definition) is 3. The number of benzene rings is 4. The summed E-state index contributed by atoms with van der Waals surface area (Å²) in [7, 11) is 0. The Kier molecular flexibility index (Phi) is 5.91. The van der Waals surface area contributed by atoms with Gasteiger partial charge in [0.25, 0.3) is 0 Å². The van der Waals surface area contributed by atoms with Gasteiger partial charge in [-0.25, -0.2) is 0 Å². The van der Waals surface area contributed by atoms with Crippen LogP contribution in [-0.2, 0) is 0 Å². The highest BCUT2D eigenvalue weighted by Gasteiger charge is 2.08. The molecule has 0 saturated carbocycles. The lowest BCUT2D eigenvalue weighted by atomic mass is 9.97. The summed E-state index contributed by atoms with van der Waals surface area (Å²) in [4.78, 5) is 8.44. The first-order chi connectivity index (χ1) is 16.7. The quantitative estimate of drug-likeness (QED) is 0.272. The Morgan fingerprint density at radius 1 is 0.676 bits per heavy atom. The lowest BCUT2D eigenvalue weighted by molar-refractivity contribution is 1.33. The Hall–Kier alpha value is -4.63. The van der Waals surface area contributed by atoms with E-state index >= 15 is 0 Å². The third-order valence-corrected chi connectivity index (χ3v) is 5.86. The highest BCUT2D eigenvalue weighted by molar-refractivity contribution is 6.11. The van der Waals surface area contributed by atoms with Crippen LogP contribution in [0.5, 0.6) is 0 Å². The van der Waals surface area contributed by atoms with Crippen LogP contribution in [0.2, 0.25) is 0 Å².